The van der Waals surface area contributed by atoms with E-state index >= 15 is 0 Å². The van der Waals surface area contributed by atoms with Gasteiger partial charge in [-0.05, 0) is 44.7 Å². The van der Waals surface area contributed by atoms with Crippen LogP contribution in [-0.2, 0) is 11.3 Å². The molecule has 1 amide bonds. The van der Waals surface area contributed by atoms with Crippen molar-refractivity contribution in [2.45, 2.75) is 59.4 Å². The van der Waals surface area contributed by atoms with Crippen molar-refractivity contribution in [1.82, 2.24) is 9.47 Å². The Hall–Kier alpha value is -2.11. The minimum Gasteiger partial charge on any atom is -0.357 e. The first kappa shape index (κ1) is 22.6. The molecule has 2 fully saturated rings. The van der Waals surface area contributed by atoms with Crippen molar-refractivity contribution in [2.75, 3.05) is 24.5 Å². The Balaban J connectivity index is 2.22. The van der Waals surface area contributed by atoms with Crippen LogP contribution < -0.4 is 10.5 Å². The van der Waals surface area contributed by atoms with Gasteiger partial charge in [-0.2, -0.15) is 5.26 Å². The van der Waals surface area contributed by atoms with Gasteiger partial charge in [0.1, 0.15) is 21.8 Å². The first-order valence-electron chi connectivity index (χ1n) is 10.6. The van der Waals surface area contributed by atoms with Crippen molar-refractivity contribution in [1.29, 1.82) is 5.26 Å². The quantitative estimate of drug-likeness (QED) is 0.504. The number of nitriles is 1. The van der Waals surface area contributed by atoms with E-state index in [0.29, 0.717) is 27.9 Å². The van der Waals surface area contributed by atoms with Gasteiger partial charge in [0.05, 0.1) is 4.91 Å². The molecule has 30 heavy (non-hydrogen) atoms. The number of thiocarbonyl (C=S) groups is 1. The van der Waals surface area contributed by atoms with Crippen LogP contribution in [0.1, 0.15) is 62.6 Å². The van der Waals surface area contributed by atoms with E-state index < -0.39 is 0 Å². The van der Waals surface area contributed by atoms with Gasteiger partial charge in [-0.25, -0.2) is 0 Å². The van der Waals surface area contributed by atoms with Crippen LogP contribution >= 0.6 is 24.0 Å². The Kier molecular flexibility index (Phi) is 7.37. The zero-order chi connectivity index (χ0) is 21.8. The second kappa shape index (κ2) is 9.80. The zero-order valence-corrected chi connectivity index (χ0v) is 19.5. The summed E-state index contributed by atoms with van der Waals surface area (Å²) in [4.78, 5) is 30.4. The van der Waals surface area contributed by atoms with E-state index in [2.05, 4.69) is 11.0 Å². The molecule has 160 valence electrons. The molecule has 3 heterocycles. The van der Waals surface area contributed by atoms with E-state index in [-0.39, 0.29) is 17.0 Å². The molecule has 0 unspecified atom stereocenters. The maximum absolute atomic E-state index is 13.0. The van der Waals surface area contributed by atoms with Gasteiger partial charge in [-0.3, -0.25) is 19.1 Å². The minimum atomic E-state index is -0.257. The highest BCUT2D eigenvalue weighted by atomic mass is 32.2. The largest absolute Gasteiger partial charge is 0.357 e. The molecule has 6 nitrogen and oxygen atoms in total. The minimum absolute atomic E-state index is 0.0965. The zero-order valence-electron chi connectivity index (χ0n) is 17.9. The van der Waals surface area contributed by atoms with Crippen LogP contribution in [0.2, 0.25) is 0 Å². The van der Waals surface area contributed by atoms with Crippen LogP contribution in [0.5, 0.6) is 0 Å². The van der Waals surface area contributed by atoms with Crippen molar-refractivity contribution in [3.8, 4) is 6.07 Å². The molecule has 0 aliphatic carbocycles. The summed E-state index contributed by atoms with van der Waals surface area (Å²) >= 11 is 6.71. The summed E-state index contributed by atoms with van der Waals surface area (Å²) in [7, 11) is 0. The molecule has 0 N–H and O–H groups in total. The molecule has 2 aliphatic heterocycles. The monoisotopic (exact) mass is 444 g/mol. The average Bonchev–Trinajstić information content (AvgIpc) is 2.92. The third-order valence-electron chi connectivity index (χ3n) is 5.66. The van der Waals surface area contributed by atoms with E-state index in [0.717, 1.165) is 43.7 Å². The van der Waals surface area contributed by atoms with Crippen LogP contribution in [0.15, 0.2) is 9.70 Å². The molecule has 8 heteroatoms. The van der Waals surface area contributed by atoms with Gasteiger partial charge in [0.15, 0.2) is 0 Å². The van der Waals surface area contributed by atoms with E-state index in [1.54, 1.807) is 16.4 Å². The number of anilines is 1. The fourth-order valence-electron chi connectivity index (χ4n) is 4.11. The molecule has 1 aromatic rings. The van der Waals surface area contributed by atoms with Crippen molar-refractivity contribution in [3.05, 3.63) is 31.9 Å². The standard InChI is InChI=1S/C22H28N4O2S2/c1-4-10-26-21(28)18(30-22(26)29)13-16-15(3)17(14-23)20(27)25(5-2)19(16)24-11-8-6-7-9-12-24/h13H,4-12H2,1-3H3. The topological polar surface area (TPSA) is 69.3 Å². The Bertz CT molecular complexity index is 982. The molecule has 0 bridgehead atoms. The molecular formula is C22H28N4O2S2. The summed E-state index contributed by atoms with van der Waals surface area (Å²) in [5.74, 6) is 0.725. The second-order valence-corrected chi connectivity index (χ2v) is 9.31. The maximum Gasteiger partial charge on any atom is 0.270 e. The van der Waals surface area contributed by atoms with Crippen LogP contribution in [0.3, 0.4) is 0 Å². The molecule has 0 atom stereocenters. The predicted molar refractivity (Wildman–Crippen MR) is 127 cm³/mol. The van der Waals surface area contributed by atoms with Crippen LogP contribution in [0, 0.1) is 18.3 Å². The Morgan fingerprint density at radius 1 is 1.17 bits per heavy atom. The average molecular weight is 445 g/mol. The van der Waals surface area contributed by atoms with E-state index in [1.165, 1.54) is 24.6 Å². The highest BCUT2D eigenvalue weighted by Crippen LogP contribution is 2.36. The summed E-state index contributed by atoms with van der Waals surface area (Å²) in [6, 6.07) is 2.09. The van der Waals surface area contributed by atoms with Gasteiger partial charge in [-0.15, -0.1) is 0 Å². The lowest BCUT2D eigenvalue weighted by Crippen LogP contribution is -2.35. The molecule has 3 rings (SSSR count). The van der Waals surface area contributed by atoms with Crippen molar-refractivity contribution >= 4 is 46.1 Å². The van der Waals surface area contributed by atoms with Gasteiger partial charge >= 0.3 is 0 Å². The number of hydrogen-bond acceptors (Lipinski definition) is 6. The van der Waals surface area contributed by atoms with E-state index in [9.17, 15) is 14.9 Å². The number of nitrogens with zero attached hydrogens (tertiary/aromatic N) is 4. The molecular weight excluding hydrogens is 416 g/mol. The van der Waals surface area contributed by atoms with E-state index in [4.69, 9.17) is 12.2 Å². The Morgan fingerprint density at radius 2 is 1.83 bits per heavy atom. The summed E-state index contributed by atoms with van der Waals surface area (Å²) in [5.41, 5.74) is 1.30. The summed E-state index contributed by atoms with van der Waals surface area (Å²) in [6.45, 7) is 8.53. The lowest BCUT2D eigenvalue weighted by atomic mass is 10.0. The summed E-state index contributed by atoms with van der Waals surface area (Å²) in [5, 5.41) is 9.66. The number of carbonyl (C=O) groups excluding carboxylic acids is 1. The number of amides is 1. The number of pyridine rings is 1. The lowest BCUT2D eigenvalue weighted by Gasteiger charge is -2.29. The molecule has 0 saturated carbocycles. The maximum atomic E-state index is 13.0. The van der Waals surface area contributed by atoms with Gasteiger partial charge in [0.2, 0.25) is 0 Å². The number of aromatic nitrogens is 1. The SMILES string of the molecule is CCCN1C(=O)C(=Cc2c(C)c(C#N)c(=O)n(CC)c2N2CCCCCC2)SC1=S. The van der Waals surface area contributed by atoms with Crippen molar-refractivity contribution < 1.29 is 4.79 Å². The molecule has 0 spiro atoms. The Morgan fingerprint density at radius 3 is 2.40 bits per heavy atom. The number of carbonyl (C=O) groups is 1. The van der Waals surface area contributed by atoms with Gasteiger partial charge in [0.25, 0.3) is 11.5 Å². The first-order chi connectivity index (χ1) is 14.4. The molecule has 2 aliphatic rings. The molecule has 0 radical (unpaired) electrons. The molecule has 2 saturated heterocycles. The first-order valence-corrected chi connectivity index (χ1v) is 11.8. The highest BCUT2D eigenvalue weighted by Gasteiger charge is 2.32. The van der Waals surface area contributed by atoms with Crippen LogP contribution in [-0.4, -0.2) is 39.3 Å². The van der Waals surface area contributed by atoms with Gasteiger partial charge in [0, 0.05) is 31.7 Å². The fraction of sp³-hybridized carbons (Fsp3) is 0.545. The van der Waals surface area contributed by atoms with E-state index in [1.807, 2.05) is 19.9 Å². The lowest BCUT2D eigenvalue weighted by molar-refractivity contribution is -0.122. The second-order valence-electron chi connectivity index (χ2n) is 7.63. The van der Waals surface area contributed by atoms with Gasteiger partial charge in [-0.1, -0.05) is 43.7 Å². The smallest absolute Gasteiger partial charge is 0.270 e. The number of thioether (sulfide) groups is 1. The molecule has 1 aromatic heterocycles. The van der Waals surface area contributed by atoms with Gasteiger partial charge < -0.3 is 4.90 Å². The summed E-state index contributed by atoms with van der Waals surface area (Å²) < 4.78 is 2.25. The van der Waals surface area contributed by atoms with Crippen LogP contribution in [0.4, 0.5) is 5.82 Å². The Labute approximate surface area is 187 Å². The van der Waals surface area contributed by atoms with Crippen molar-refractivity contribution in [2.24, 2.45) is 0 Å². The highest BCUT2D eigenvalue weighted by molar-refractivity contribution is 8.26. The number of hydrogen-bond donors (Lipinski definition) is 0. The third-order valence-corrected chi connectivity index (χ3v) is 7.04. The summed E-state index contributed by atoms with van der Waals surface area (Å²) in [6.07, 6.45) is 7.15. The molecule has 0 aromatic carbocycles. The van der Waals surface area contributed by atoms with Crippen molar-refractivity contribution in [3.63, 3.8) is 0 Å². The normalized spacial score (nSPS) is 18.8. The fourth-order valence-corrected chi connectivity index (χ4v) is 5.40. The number of rotatable bonds is 5. The van der Waals surface area contributed by atoms with Crippen LogP contribution in [0.25, 0.3) is 6.08 Å². The predicted octanol–water partition coefficient (Wildman–Crippen LogP) is 4.04. The third kappa shape index (κ3) is 4.19.